The summed E-state index contributed by atoms with van der Waals surface area (Å²) in [6.07, 6.45) is 4.15. The Morgan fingerprint density at radius 3 is 2.59 bits per heavy atom. The molecule has 0 radical (unpaired) electrons. The van der Waals surface area contributed by atoms with E-state index in [1.807, 2.05) is 12.1 Å². The molecule has 1 unspecified atom stereocenters. The molecule has 0 spiro atoms. The summed E-state index contributed by atoms with van der Waals surface area (Å²) >= 11 is 2.97. The van der Waals surface area contributed by atoms with Gasteiger partial charge in [0.2, 0.25) is 11.8 Å². The lowest BCUT2D eigenvalue weighted by Crippen LogP contribution is -2.14. The van der Waals surface area contributed by atoms with Gasteiger partial charge in [-0.1, -0.05) is 51.2 Å². The Hall–Kier alpha value is -2.85. The Morgan fingerprint density at radius 2 is 1.94 bits per heavy atom. The fraction of sp³-hybridized carbons (Fsp3) is 0.417. The van der Waals surface area contributed by atoms with E-state index in [9.17, 15) is 9.59 Å². The topological polar surface area (TPSA) is 115 Å². The molecule has 2 heterocycles. The van der Waals surface area contributed by atoms with E-state index >= 15 is 0 Å². The maximum absolute atomic E-state index is 12.4. The third-order valence-electron chi connectivity index (χ3n) is 4.89. The molecule has 8 nitrogen and oxygen atoms in total. The number of benzene rings is 1. The number of nitrogens with one attached hydrogen (secondary N) is 1. The van der Waals surface area contributed by atoms with Gasteiger partial charge in [0.1, 0.15) is 11.5 Å². The molecule has 2 N–H and O–H groups in total. The van der Waals surface area contributed by atoms with Gasteiger partial charge in [-0.05, 0) is 24.1 Å². The molecule has 3 rings (SSSR count). The first-order chi connectivity index (χ1) is 16.1. The number of rotatable bonds is 11. The Balaban J connectivity index is 1.43. The molecular formula is C24H29N3O5S2. The molecule has 0 saturated heterocycles. The summed E-state index contributed by atoms with van der Waals surface area (Å²) < 4.78 is 12.3. The lowest BCUT2D eigenvalue weighted by Gasteiger charge is -2.12. The van der Waals surface area contributed by atoms with Crippen molar-refractivity contribution >= 4 is 40.1 Å². The van der Waals surface area contributed by atoms with Crippen LogP contribution in [0.4, 0.5) is 5.13 Å². The second-order valence-corrected chi connectivity index (χ2v) is 11.2. The Kier molecular flexibility index (Phi) is 8.73. The number of oxazole rings is 1. The van der Waals surface area contributed by atoms with Crippen LogP contribution in [0.5, 0.6) is 5.75 Å². The smallest absolute Gasteiger partial charge is 0.306 e. The highest BCUT2D eigenvalue weighted by atomic mass is 32.2. The second kappa shape index (κ2) is 11.5. The number of aromatic nitrogens is 2. The molecule has 182 valence electrons. The number of thioether (sulfide) groups is 1. The third-order valence-corrected chi connectivity index (χ3v) is 6.98. The Bertz CT molecular complexity index is 1100. The molecule has 0 aliphatic rings. The van der Waals surface area contributed by atoms with Gasteiger partial charge < -0.3 is 19.6 Å². The maximum atomic E-state index is 12.4. The molecule has 34 heavy (non-hydrogen) atoms. The molecule has 0 fully saturated rings. The average Bonchev–Trinajstić information content (AvgIpc) is 3.42. The van der Waals surface area contributed by atoms with E-state index in [4.69, 9.17) is 14.3 Å². The summed E-state index contributed by atoms with van der Waals surface area (Å²) in [6.45, 7) is 8.21. The highest BCUT2D eigenvalue weighted by Crippen LogP contribution is 2.31. The van der Waals surface area contributed by atoms with Gasteiger partial charge in [0.15, 0.2) is 5.13 Å². The summed E-state index contributed by atoms with van der Waals surface area (Å²) in [5.74, 6) is 1.32. The number of carbonyl (C=O) groups excluding carboxylic acids is 1. The SMILES string of the molecule is CC(CCOc1ccc(CC(=O)Nc2ncc(SCc3ncc(C(C)(C)C)o3)s2)cc1)C(=O)O. The van der Waals surface area contributed by atoms with E-state index in [0.717, 1.165) is 15.5 Å². The van der Waals surface area contributed by atoms with Crippen molar-refractivity contribution in [2.75, 3.05) is 11.9 Å². The van der Waals surface area contributed by atoms with E-state index in [2.05, 4.69) is 36.1 Å². The van der Waals surface area contributed by atoms with E-state index in [1.165, 1.54) is 11.3 Å². The Morgan fingerprint density at radius 1 is 1.21 bits per heavy atom. The first-order valence-electron chi connectivity index (χ1n) is 10.9. The minimum Gasteiger partial charge on any atom is -0.494 e. The van der Waals surface area contributed by atoms with Crippen molar-refractivity contribution in [1.82, 2.24) is 9.97 Å². The summed E-state index contributed by atoms with van der Waals surface area (Å²) in [4.78, 5) is 31.9. The van der Waals surface area contributed by atoms with E-state index in [1.54, 1.807) is 43.2 Å². The van der Waals surface area contributed by atoms with Gasteiger partial charge in [0, 0.05) is 5.41 Å². The summed E-state index contributed by atoms with van der Waals surface area (Å²) in [6, 6.07) is 7.20. The fourth-order valence-electron chi connectivity index (χ4n) is 2.77. The van der Waals surface area contributed by atoms with Crippen molar-refractivity contribution < 1.29 is 23.8 Å². The number of hydrogen-bond donors (Lipinski definition) is 2. The van der Waals surface area contributed by atoms with Gasteiger partial charge in [0.25, 0.3) is 0 Å². The van der Waals surface area contributed by atoms with Gasteiger partial charge in [-0.15, -0.1) is 11.8 Å². The molecule has 0 aliphatic carbocycles. The largest absolute Gasteiger partial charge is 0.494 e. The zero-order chi connectivity index (χ0) is 24.7. The quantitative estimate of drug-likeness (QED) is 0.335. The normalized spacial score (nSPS) is 12.4. The monoisotopic (exact) mass is 503 g/mol. The van der Waals surface area contributed by atoms with Crippen molar-refractivity contribution in [3.63, 3.8) is 0 Å². The first kappa shape index (κ1) is 25.8. The zero-order valence-electron chi connectivity index (χ0n) is 19.7. The highest BCUT2D eigenvalue weighted by Gasteiger charge is 2.19. The van der Waals surface area contributed by atoms with Crippen LogP contribution in [0.15, 0.2) is 45.3 Å². The molecule has 0 aliphatic heterocycles. The van der Waals surface area contributed by atoms with Crippen LogP contribution in [0.1, 0.15) is 51.3 Å². The number of carboxylic acids is 1. The molecule has 1 aromatic carbocycles. The summed E-state index contributed by atoms with van der Waals surface area (Å²) in [5, 5.41) is 12.3. The van der Waals surface area contributed by atoms with E-state index in [-0.39, 0.29) is 17.7 Å². The number of thiazole rings is 1. The average molecular weight is 504 g/mol. The van der Waals surface area contributed by atoms with Gasteiger partial charge in [-0.25, -0.2) is 9.97 Å². The van der Waals surface area contributed by atoms with Crippen molar-refractivity contribution in [2.45, 2.75) is 55.9 Å². The lowest BCUT2D eigenvalue weighted by molar-refractivity contribution is -0.141. The van der Waals surface area contributed by atoms with Gasteiger partial charge in [-0.3, -0.25) is 9.59 Å². The molecule has 0 saturated carbocycles. The van der Waals surface area contributed by atoms with Crippen molar-refractivity contribution in [3.8, 4) is 5.75 Å². The molecule has 1 amide bonds. The molecule has 2 aromatic heterocycles. The van der Waals surface area contributed by atoms with Crippen LogP contribution >= 0.6 is 23.1 Å². The summed E-state index contributed by atoms with van der Waals surface area (Å²) in [7, 11) is 0. The number of nitrogens with zero attached hydrogens (tertiary/aromatic N) is 2. The Labute approximate surface area is 207 Å². The molecule has 1 atom stereocenters. The number of anilines is 1. The van der Waals surface area contributed by atoms with Crippen LogP contribution < -0.4 is 10.1 Å². The minimum absolute atomic E-state index is 0.0775. The van der Waals surface area contributed by atoms with Gasteiger partial charge >= 0.3 is 5.97 Å². The molecule has 3 aromatic rings. The summed E-state index contributed by atoms with van der Waals surface area (Å²) in [5.41, 5.74) is 0.764. The number of ether oxygens (including phenoxy) is 1. The number of aliphatic carboxylic acids is 1. The fourth-order valence-corrected chi connectivity index (χ4v) is 4.51. The first-order valence-corrected chi connectivity index (χ1v) is 12.7. The van der Waals surface area contributed by atoms with Crippen LogP contribution in [-0.2, 0) is 27.2 Å². The van der Waals surface area contributed by atoms with Gasteiger partial charge in [0.05, 0.1) is 41.3 Å². The highest BCUT2D eigenvalue weighted by molar-refractivity contribution is 8.00. The second-order valence-electron chi connectivity index (χ2n) is 8.89. The molecular weight excluding hydrogens is 474 g/mol. The number of carboxylic acid groups (broad SMARTS) is 1. The predicted molar refractivity (Wildman–Crippen MR) is 133 cm³/mol. The van der Waals surface area contributed by atoms with Gasteiger partial charge in [-0.2, -0.15) is 0 Å². The zero-order valence-corrected chi connectivity index (χ0v) is 21.3. The van der Waals surface area contributed by atoms with Crippen LogP contribution in [0, 0.1) is 5.92 Å². The number of carbonyl (C=O) groups is 2. The third kappa shape index (κ3) is 7.88. The van der Waals surface area contributed by atoms with E-state index < -0.39 is 11.9 Å². The molecule has 10 heteroatoms. The predicted octanol–water partition coefficient (Wildman–Crippen LogP) is 5.39. The van der Waals surface area contributed by atoms with Crippen molar-refractivity contribution in [3.05, 3.63) is 53.9 Å². The maximum Gasteiger partial charge on any atom is 0.306 e. The van der Waals surface area contributed by atoms with Crippen LogP contribution in [-0.4, -0.2) is 33.6 Å². The molecule has 0 bridgehead atoms. The minimum atomic E-state index is -0.833. The number of hydrogen-bond acceptors (Lipinski definition) is 8. The standard InChI is InChI=1S/C24H29N3O5S2/c1-15(22(29)30)9-10-31-17-7-5-16(6-8-17)11-19(28)27-23-26-13-21(34-23)33-14-20-25-12-18(32-20)24(2,3)4/h5-8,12-13,15H,9-11,14H2,1-4H3,(H,29,30)(H,26,27,28). The van der Waals surface area contributed by atoms with Crippen LogP contribution in [0.25, 0.3) is 0 Å². The lowest BCUT2D eigenvalue weighted by atomic mass is 9.94. The van der Waals surface area contributed by atoms with Crippen LogP contribution in [0.3, 0.4) is 0 Å². The van der Waals surface area contributed by atoms with Crippen LogP contribution in [0.2, 0.25) is 0 Å². The van der Waals surface area contributed by atoms with Crippen molar-refractivity contribution in [1.29, 1.82) is 0 Å². The number of amides is 1. The van der Waals surface area contributed by atoms with Crippen molar-refractivity contribution in [2.24, 2.45) is 5.92 Å². The van der Waals surface area contributed by atoms with E-state index in [0.29, 0.717) is 35.6 Å².